The minimum absolute atomic E-state index is 0.105. The van der Waals surface area contributed by atoms with Crippen molar-refractivity contribution in [2.45, 2.75) is 13.3 Å². The molecule has 0 N–H and O–H groups in total. The molecule has 0 aliphatic carbocycles. The van der Waals surface area contributed by atoms with Crippen molar-refractivity contribution in [3.63, 3.8) is 0 Å². The van der Waals surface area contributed by atoms with Gasteiger partial charge in [-0.2, -0.15) is 0 Å². The predicted molar refractivity (Wildman–Crippen MR) is 116 cm³/mol. The van der Waals surface area contributed by atoms with Crippen molar-refractivity contribution in [2.75, 3.05) is 120 Å². The Balaban J connectivity index is 3.25. The lowest BCUT2D eigenvalue weighted by atomic mass is 10.4. The van der Waals surface area contributed by atoms with Gasteiger partial charge in [0.05, 0.1) is 92.5 Å². The molecule has 0 bridgehead atoms. The van der Waals surface area contributed by atoms with Crippen LogP contribution < -0.4 is 0 Å². The van der Waals surface area contributed by atoms with Crippen LogP contribution >= 0.6 is 0 Å². The Morgan fingerprint density at radius 3 is 1.19 bits per heavy atom. The zero-order valence-electron chi connectivity index (χ0n) is 19.6. The van der Waals surface area contributed by atoms with Gasteiger partial charge in [0.1, 0.15) is 0 Å². The zero-order valence-corrected chi connectivity index (χ0v) is 19.6. The Kier molecular flexibility index (Phi) is 24.7. The molecule has 10 heteroatoms. The number of nitrogens with zero attached hydrogens (tertiary/aromatic N) is 1. The van der Waals surface area contributed by atoms with Crippen LogP contribution in [0.5, 0.6) is 0 Å². The fraction of sp³-hybridized carbons (Fsp3) is 0.952. The molecule has 0 atom stereocenters. The van der Waals surface area contributed by atoms with E-state index in [9.17, 15) is 4.79 Å². The van der Waals surface area contributed by atoms with Crippen molar-refractivity contribution in [3.8, 4) is 0 Å². The van der Waals surface area contributed by atoms with Gasteiger partial charge < -0.3 is 42.8 Å². The van der Waals surface area contributed by atoms with Crippen LogP contribution in [0.15, 0.2) is 0 Å². The highest BCUT2D eigenvalue weighted by Crippen LogP contribution is 1.95. The van der Waals surface area contributed by atoms with Gasteiger partial charge in [0.2, 0.25) is 5.91 Å². The molecule has 186 valence electrons. The van der Waals surface area contributed by atoms with Crippen molar-refractivity contribution >= 4 is 5.91 Å². The molecular formula is C21H43NO9. The van der Waals surface area contributed by atoms with E-state index in [0.717, 1.165) is 0 Å². The largest absolute Gasteiger partial charge is 0.383 e. The van der Waals surface area contributed by atoms with Gasteiger partial charge in [0.15, 0.2) is 0 Å². The number of amides is 1. The van der Waals surface area contributed by atoms with Crippen molar-refractivity contribution in [1.82, 2.24) is 4.90 Å². The van der Waals surface area contributed by atoms with Crippen LogP contribution in [0.2, 0.25) is 0 Å². The number of hydrogen-bond donors (Lipinski definition) is 0. The fourth-order valence-electron chi connectivity index (χ4n) is 2.30. The summed E-state index contributed by atoms with van der Waals surface area (Å²) in [5.41, 5.74) is 0. The van der Waals surface area contributed by atoms with Crippen molar-refractivity contribution in [3.05, 3.63) is 0 Å². The lowest BCUT2D eigenvalue weighted by Gasteiger charge is -2.21. The second kappa shape index (κ2) is 25.4. The minimum atomic E-state index is 0.105. The van der Waals surface area contributed by atoms with E-state index in [2.05, 4.69) is 0 Å². The molecule has 0 fully saturated rings. The summed E-state index contributed by atoms with van der Waals surface area (Å²) >= 11 is 0. The van der Waals surface area contributed by atoms with Crippen LogP contribution in [0.1, 0.15) is 13.3 Å². The third-order valence-electron chi connectivity index (χ3n) is 4.02. The second-order valence-electron chi connectivity index (χ2n) is 6.39. The average Bonchev–Trinajstić information content (AvgIpc) is 2.79. The first-order chi connectivity index (χ1) is 15.3. The quantitative estimate of drug-likeness (QED) is 0.184. The maximum absolute atomic E-state index is 11.8. The molecule has 0 aliphatic heterocycles. The fourth-order valence-corrected chi connectivity index (χ4v) is 2.30. The highest BCUT2D eigenvalue weighted by atomic mass is 16.6. The Labute approximate surface area is 187 Å². The summed E-state index contributed by atoms with van der Waals surface area (Å²) in [5, 5.41) is 0. The molecule has 0 aliphatic rings. The van der Waals surface area contributed by atoms with Gasteiger partial charge >= 0.3 is 0 Å². The van der Waals surface area contributed by atoms with E-state index in [0.29, 0.717) is 112 Å². The molecule has 0 aromatic rings. The smallest absolute Gasteiger partial charge is 0.222 e. The number of carbonyl (C=O) groups is 1. The number of methoxy groups -OCH3 is 2. The summed E-state index contributed by atoms with van der Waals surface area (Å²) in [4.78, 5) is 13.6. The summed E-state index contributed by atoms with van der Waals surface area (Å²) in [6, 6.07) is 0. The normalized spacial score (nSPS) is 11.2. The van der Waals surface area contributed by atoms with Crippen LogP contribution in [0.3, 0.4) is 0 Å². The van der Waals surface area contributed by atoms with E-state index in [1.165, 1.54) is 0 Å². The monoisotopic (exact) mass is 453 g/mol. The highest BCUT2D eigenvalue weighted by molar-refractivity contribution is 5.75. The molecule has 0 saturated heterocycles. The molecule has 0 saturated carbocycles. The molecule has 31 heavy (non-hydrogen) atoms. The predicted octanol–water partition coefficient (Wildman–Crippen LogP) is 0.617. The van der Waals surface area contributed by atoms with E-state index in [1.54, 1.807) is 19.1 Å². The third-order valence-corrected chi connectivity index (χ3v) is 4.02. The third kappa shape index (κ3) is 22.1. The van der Waals surface area contributed by atoms with Crippen LogP contribution in [0, 0.1) is 0 Å². The highest BCUT2D eigenvalue weighted by Gasteiger charge is 2.10. The summed E-state index contributed by atoms with van der Waals surface area (Å²) in [6.07, 6.45) is 0.483. The molecule has 0 aromatic carbocycles. The van der Waals surface area contributed by atoms with Crippen LogP contribution in [-0.4, -0.2) is 131 Å². The lowest BCUT2D eigenvalue weighted by Crippen LogP contribution is -2.36. The maximum Gasteiger partial charge on any atom is 0.222 e. The summed E-state index contributed by atoms with van der Waals surface area (Å²) in [5.74, 6) is 0.105. The van der Waals surface area contributed by atoms with Crippen molar-refractivity contribution < 1.29 is 42.7 Å². The van der Waals surface area contributed by atoms with E-state index < -0.39 is 0 Å². The lowest BCUT2D eigenvalue weighted by molar-refractivity contribution is -0.132. The first kappa shape index (κ1) is 30.1. The summed E-state index contributed by atoms with van der Waals surface area (Å²) in [6.45, 7) is 10.4. The summed E-state index contributed by atoms with van der Waals surface area (Å²) in [7, 11) is 3.27. The Hall–Kier alpha value is -0.850. The Morgan fingerprint density at radius 2 is 0.839 bits per heavy atom. The van der Waals surface area contributed by atoms with E-state index in [1.807, 2.05) is 6.92 Å². The van der Waals surface area contributed by atoms with E-state index >= 15 is 0 Å². The Morgan fingerprint density at radius 1 is 0.516 bits per heavy atom. The van der Waals surface area contributed by atoms with Gasteiger partial charge in [-0.15, -0.1) is 0 Å². The van der Waals surface area contributed by atoms with Crippen molar-refractivity contribution in [1.29, 1.82) is 0 Å². The molecule has 0 spiro atoms. The van der Waals surface area contributed by atoms with Gasteiger partial charge in [0.25, 0.3) is 0 Å². The molecule has 0 unspecified atom stereocenters. The Bertz CT molecular complexity index is 375. The number of carbonyl (C=O) groups excluding carboxylic acids is 1. The van der Waals surface area contributed by atoms with E-state index in [4.69, 9.17) is 37.9 Å². The standard InChI is InChI=1S/C21H43NO9/c1-4-21(23)22(5-7-24-2)6-8-26-11-12-28-15-16-30-19-20-31-18-17-29-14-13-27-10-9-25-3/h4-20H2,1-3H3. The van der Waals surface area contributed by atoms with Gasteiger partial charge in [-0.25, -0.2) is 0 Å². The van der Waals surface area contributed by atoms with Gasteiger partial charge in [-0.05, 0) is 0 Å². The number of ether oxygens (including phenoxy) is 8. The zero-order chi connectivity index (χ0) is 22.8. The minimum Gasteiger partial charge on any atom is -0.383 e. The topological polar surface area (TPSA) is 94.2 Å². The van der Waals surface area contributed by atoms with Crippen LogP contribution in [0.25, 0.3) is 0 Å². The van der Waals surface area contributed by atoms with Crippen LogP contribution in [0.4, 0.5) is 0 Å². The molecule has 0 aromatic heterocycles. The molecule has 0 radical (unpaired) electrons. The second-order valence-corrected chi connectivity index (χ2v) is 6.39. The molecule has 0 heterocycles. The first-order valence-electron chi connectivity index (χ1n) is 11.0. The maximum atomic E-state index is 11.8. The number of hydrogen-bond acceptors (Lipinski definition) is 9. The number of rotatable bonds is 25. The van der Waals surface area contributed by atoms with E-state index in [-0.39, 0.29) is 5.91 Å². The van der Waals surface area contributed by atoms with Crippen LogP contribution in [-0.2, 0) is 42.7 Å². The molecule has 0 rings (SSSR count). The average molecular weight is 454 g/mol. The molecule has 10 nitrogen and oxygen atoms in total. The summed E-state index contributed by atoms with van der Waals surface area (Å²) < 4.78 is 42.4. The molecular weight excluding hydrogens is 410 g/mol. The first-order valence-corrected chi connectivity index (χ1v) is 11.0. The van der Waals surface area contributed by atoms with Crippen molar-refractivity contribution in [2.24, 2.45) is 0 Å². The SMILES string of the molecule is CCC(=O)N(CCOC)CCOCCOCCOCCOCCOCCOCCOC. The van der Waals surface area contributed by atoms with Gasteiger partial charge in [-0.3, -0.25) is 4.79 Å². The van der Waals surface area contributed by atoms with Gasteiger partial charge in [-0.1, -0.05) is 6.92 Å². The molecule has 1 amide bonds. The van der Waals surface area contributed by atoms with Gasteiger partial charge in [0, 0.05) is 33.7 Å².